The topological polar surface area (TPSA) is 27.0 Å². The van der Waals surface area contributed by atoms with Crippen LogP contribution >= 0.6 is 0 Å². The SMILES string of the molecule is CC(CN1CCCCCC1)C(C#N)(c1ccccc1)c1ccccc1. The number of nitrogens with zero attached hydrogens (tertiary/aromatic N) is 2. The van der Waals surface area contributed by atoms with E-state index in [1.54, 1.807) is 0 Å². The third-order valence-electron chi connectivity index (χ3n) is 5.60. The Morgan fingerprint density at radius 2 is 1.36 bits per heavy atom. The van der Waals surface area contributed by atoms with Gasteiger partial charge in [0.1, 0.15) is 5.41 Å². The fraction of sp³-hybridized carbons (Fsp3) is 0.435. The first kappa shape index (κ1) is 17.7. The molecule has 1 aliphatic heterocycles. The molecule has 2 aromatic carbocycles. The molecule has 0 aromatic heterocycles. The summed E-state index contributed by atoms with van der Waals surface area (Å²) < 4.78 is 0. The lowest BCUT2D eigenvalue weighted by atomic mass is 9.67. The quantitative estimate of drug-likeness (QED) is 0.769. The molecule has 0 saturated carbocycles. The van der Waals surface area contributed by atoms with Crippen LogP contribution in [0, 0.1) is 17.2 Å². The summed E-state index contributed by atoms with van der Waals surface area (Å²) in [7, 11) is 0. The standard InChI is InChI=1S/C23H28N2/c1-20(18-25-16-10-2-3-11-17-25)23(19-24,21-12-6-4-7-13-21)22-14-8-5-9-15-22/h4-9,12-15,20H,2-3,10-11,16-18H2,1H3. The highest BCUT2D eigenvalue weighted by molar-refractivity contribution is 5.46. The van der Waals surface area contributed by atoms with Gasteiger partial charge in [0.15, 0.2) is 0 Å². The molecule has 1 heterocycles. The van der Waals surface area contributed by atoms with Crippen molar-refractivity contribution in [3.63, 3.8) is 0 Å². The van der Waals surface area contributed by atoms with Crippen molar-refractivity contribution < 1.29 is 0 Å². The minimum Gasteiger partial charge on any atom is -0.303 e. The van der Waals surface area contributed by atoms with Gasteiger partial charge in [-0.1, -0.05) is 80.4 Å². The Balaban J connectivity index is 1.97. The largest absolute Gasteiger partial charge is 0.303 e. The van der Waals surface area contributed by atoms with Crippen molar-refractivity contribution in [3.05, 3.63) is 71.8 Å². The second-order valence-corrected chi connectivity index (χ2v) is 7.27. The molecule has 2 nitrogen and oxygen atoms in total. The van der Waals surface area contributed by atoms with Crippen molar-refractivity contribution in [3.8, 4) is 6.07 Å². The molecule has 0 N–H and O–H groups in total. The highest BCUT2D eigenvalue weighted by Gasteiger charge is 2.40. The van der Waals surface area contributed by atoms with Gasteiger partial charge in [0.05, 0.1) is 6.07 Å². The Bertz CT molecular complexity index is 640. The molecule has 1 saturated heterocycles. The predicted molar refractivity (Wildman–Crippen MR) is 103 cm³/mol. The van der Waals surface area contributed by atoms with E-state index in [-0.39, 0.29) is 5.92 Å². The average Bonchev–Trinajstić information content (AvgIpc) is 2.93. The van der Waals surface area contributed by atoms with Gasteiger partial charge >= 0.3 is 0 Å². The number of hydrogen-bond donors (Lipinski definition) is 0. The molecule has 0 amide bonds. The normalized spacial score (nSPS) is 17.4. The second-order valence-electron chi connectivity index (χ2n) is 7.27. The van der Waals surface area contributed by atoms with Crippen molar-refractivity contribution in [2.24, 2.45) is 5.92 Å². The Hall–Kier alpha value is -2.11. The van der Waals surface area contributed by atoms with Gasteiger partial charge in [-0.2, -0.15) is 5.26 Å². The average molecular weight is 332 g/mol. The van der Waals surface area contributed by atoms with Crippen LogP contribution in [0.1, 0.15) is 43.7 Å². The van der Waals surface area contributed by atoms with Crippen LogP contribution < -0.4 is 0 Å². The van der Waals surface area contributed by atoms with Crippen LogP contribution in [-0.4, -0.2) is 24.5 Å². The lowest BCUT2D eigenvalue weighted by Crippen LogP contribution is -2.41. The zero-order valence-corrected chi connectivity index (χ0v) is 15.2. The highest BCUT2D eigenvalue weighted by atomic mass is 15.1. The molecule has 1 unspecified atom stereocenters. The first-order chi connectivity index (χ1) is 12.3. The van der Waals surface area contributed by atoms with E-state index in [0.29, 0.717) is 0 Å². The van der Waals surface area contributed by atoms with Gasteiger partial charge in [-0.05, 0) is 43.0 Å². The van der Waals surface area contributed by atoms with E-state index >= 15 is 0 Å². The summed E-state index contributed by atoms with van der Waals surface area (Å²) in [5.74, 6) is 0.223. The number of likely N-dealkylation sites (tertiary alicyclic amines) is 1. The maximum Gasteiger partial charge on any atom is 0.111 e. The Morgan fingerprint density at radius 3 is 1.80 bits per heavy atom. The van der Waals surface area contributed by atoms with E-state index in [9.17, 15) is 5.26 Å². The molecule has 2 aromatic rings. The molecule has 0 aliphatic carbocycles. The van der Waals surface area contributed by atoms with Crippen LogP contribution in [0.2, 0.25) is 0 Å². The van der Waals surface area contributed by atoms with Gasteiger partial charge in [0, 0.05) is 6.54 Å². The van der Waals surface area contributed by atoms with E-state index in [1.165, 1.54) is 25.7 Å². The van der Waals surface area contributed by atoms with Crippen LogP contribution in [-0.2, 0) is 5.41 Å². The van der Waals surface area contributed by atoms with Crippen LogP contribution in [0.4, 0.5) is 0 Å². The first-order valence-electron chi connectivity index (χ1n) is 9.52. The molecule has 25 heavy (non-hydrogen) atoms. The van der Waals surface area contributed by atoms with Crippen molar-refractivity contribution in [1.82, 2.24) is 4.90 Å². The van der Waals surface area contributed by atoms with Gasteiger partial charge in [0.2, 0.25) is 0 Å². The lowest BCUT2D eigenvalue weighted by Gasteiger charge is -2.37. The molecule has 1 aliphatic rings. The first-order valence-corrected chi connectivity index (χ1v) is 9.52. The number of hydrogen-bond acceptors (Lipinski definition) is 2. The van der Waals surface area contributed by atoms with E-state index in [4.69, 9.17) is 0 Å². The van der Waals surface area contributed by atoms with E-state index in [0.717, 1.165) is 30.8 Å². The van der Waals surface area contributed by atoms with Crippen LogP contribution in [0.5, 0.6) is 0 Å². The van der Waals surface area contributed by atoms with Crippen molar-refractivity contribution in [2.75, 3.05) is 19.6 Å². The molecule has 0 radical (unpaired) electrons. The number of benzene rings is 2. The highest BCUT2D eigenvalue weighted by Crippen LogP contribution is 2.39. The maximum atomic E-state index is 10.4. The van der Waals surface area contributed by atoms with Crippen molar-refractivity contribution in [2.45, 2.75) is 38.0 Å². The number of nitriles is 1. The fourth-order valence-corrected chi connectivity index (χ4v) is 4.22. The molecule has 3 rings (SSSR count). The smallest absolute Gasteiger partial charge is 0.111 e. The van der Waals surface area contributed by atoms with Crippen LogP contribution in [0.3, 0.4) is 0 Å². The second kappa shape index (κ2) is 8.32. The molecular weight excluding hydrogens is 304 g/mol. The van der Waals surface area contributed by atoms with E-state index in [1.807, 2.05) is 36.4 Å². The molecule has 130 valence electrons. The Morgan fingerprint density at radius 1 is 0.880 bits per heavy atom. The summed E-state index contributed by atoms with van der Waals surface area (Å²) in [5, 5.41) is 10.4. The van der Waals surface area contributed by atoms with Gasteiger partial charge < -0.3 is 4.90 Å². The van der Waals surface area contributed by atoms with Crippen LogP contribution in [0.25, 0.3) is 0 Å². The monoisotopic (exact) mass is 332 g/mol. The van der Waals surface area contributed by atoms with E-state index in [2.05, 4.69) is 42.2 Å². The minimum absolute atomic E-state index is 0.223. The maximum absolute atomic E-state index is 10.4. The van der Waals surface area contributed by atoms with Crippen molar-refractivity contribution in [1.29, 1.82) is 5.26 Å². The number of rotatable bonds is 5. The molecule has 0 spiro atoms. The van der Waals surface area contributed by atoms with Crippen LogP contribution in [0.15, 0.2) is 60.7 Å². The van der Waals surface area contributed by atoms with E-state index < -0.39 is 5.41 Å². The molecule has 0 bridgehead atoms. The van der Waals surface area contributed by atoms with Gasteiger partial charge in [0.25, 0.3) is 0 Å². The summed E-state index contributed by atoms with van der Waals surface area (Å²) in [5.41, 5.74) is 1.60. The predicted octanol–water partition coefficient (Wildman–Crippen LogP) is 5.01. The third-order valence-corrected chi connectivity index (χ3v) is 5.60. The minimum atomic E-state index is -0.602. The summed E-state index contributed by atoms with van der Waals surface area (Å²) in [4.78, 5) is 2.57. The summed E-state index contributed by atoms with van der Waals surface area (Å²) in [6.45, 7) is 5.54. The zero-order valence-electron chi connectivity index (χ0n) is 15.2. The fourth-order valence-electron chi connectivity index (χ4n) is 4.22. The lowest BCUT2D eigenvalue weighted by molar-refractivity contribution is 0.220. The summed E-state index contributed by atoms with van der Waals surface area (Å²) >= 11 is 0. The van der Waals surface area contributed by atoms with Crippen molar-refractivity contribution >= 4 is 0 Å². The Kier molecular flexibility index (Phi) is 5.89. The van der Waals surface area contributed by atoms with Gasteiger partial charge in [-0.3, -0.25) is 0 Å². The Labute approximate surface area is 152 Å². The molecular formula is C23H28N2. The summed E-state index contributed by atoms with van der Waals surface area (Å²) in [6.07, 6.45) is 5.24. The molecule has 1 atom stereocenters. The summed E-state index contributed by atoms with van der Waals surface area (Å²) in [6, 6.07) is 23.4. The van der Waals surface area contributed by atoms with Gasteiger partial charge in [-0.15, -0.1) is 0 Å². The zero-order chi connectivity index (χ0) is 17.5. The molecule has 2 heteroatoms. The molecule has 1 fully saturated rings. The third kappa shape index (κ3) is 3.78. The van der Waals surface area contributed by atoms with Gasteiger partial charge in [-0.25, -0.2) is 0 Å².